The summed E-state index contributed by atoms with van der Waals surface area (Å²) in [5.74, 6) is 0. The van der Waals surface area contributed by atoms with E-state index in [0.29, 0.717) is 0 Å². The third-order valence-corrected chi connectivity index (χ3v) is 4.90. The average molecular weight is 400 g/mol. The molecule has 0 aromatic carbocycles. The molecule has 0 spiro atoms. The van der Waals surface area contributed by atoms with Crippen LogP contribution in [0.4, 0.5) is 18.0 Å². The van der Waals surface area contributed by atoms with Gasteiger partial charge < -0.3 is 19.7 Å². The van der Waals surface area contributed by atoms with Crippen LogP contribution in [0.15, 0.2) is 4.99 Å². The predicted molar refractivity (Wildman–Crippen MR) is 88.8 cm³/mol. The highest BCUT2D eigenvalue weighted by Gasteiger charge is 2.51. The summed E-state index contributed by atoms with van der Waals surface area (Å²) in [6, 6.07) is -0.967. The van der Waals surface area contributed by atoms with Gasteiger partial charge in [0.1, 0.15) is 29.3 Å². The third kappa shape index (κ3) is 5.02. The first kappa shape index (κ1) is 21.3. The van der Waals surface area contributed by atoms with Crippen LogP contribution in [0, 0.1) is 0 Å². The highest BCUT2D eigenvalue weighted by Crippen LogP contribution is 2.40. The fraction of sp³-hybridized carbons (Fsp3) is 0.867. The molecule has 1 fully saturated rings. The number of nitrogens with zero attached hydrogens (tertiary/aromatic N) is 2. The van der Waals surface area contributed by atoms with Gasteiger partial charge in [0.2, 0.25) is 0 Å². The number of carbonyl (C=O) groups excluding carboxylic acids is 1. The van der Waals surface area contributed by atoms with Crippen molar-refractivity contribution >= 4 is 23.0 Å². The van der Waals surface area contributed by atoms with E-state index in [1.807, 2.05) is 0 Å². The Balaban J connectivity index is 2.13. The number of alkyl halides is 3. The summed E-state index contributed by atoms with van der Waals surface area (Å²) in [5.41, 5.74) is -1.65. The molecule has 0 saturated carbocycles. The van der Waals surface area contributed by atoms with Gasteiger partial charge in [0.05, 0.1) is 12.5 Å². The zero-order valence-electron chi connectivity index (χ0n) is 14.9. The fourth-order valence-corrected chi connectivity index (χ4v) is 3.88. The van der Waals surface area contributed by atoms with Gasteiger partial charge in [-0.15, -0.1) is 0 Å². The molecule has 5 atom stereocenters. The quantitative estimate of drug-likeness (QED) is 0.738. The van der Waals surface area contributed by atoms with Gasteiger partial charge >= 0.3 is 12.3 Å². The molecule has 2 N–H and O–H groups in total. The number of hydrogen-bond donors (Lipinski definition) is 2. The monoisotopic (exact) mass is 400 g/mol. The molecule has 0 aromatic heterocycles. The standard InChI is InChI=1S/C15H23F3N2O5S/c1-5-20(13(23)25-14(2,3)4)12-19-8-10(22)9(21)7(6-15(16,17)18)24-11(8)26-12/h7-11,21-22H,5-6H2,1-4H3/t7-,8-,9-,10-,11-/m1/s1. The molecule has 0 aromatic rings. The third-order valence-electron chi connectivity index (χ3n) is 3.74. The highest BCUT2D eigenvalue weighted by molar-refractivity contribution is 8.14. The SMILES string of the molecule is CCN(C(=O)OC(C)(C)C)C1=N[C@@H]2[C@@H](O)[C@H](O)[C@@H](CC(F)(F)F)O[C@@H]2S1. The van der Waals surface area contributed by atoms with E-state index >= 15 is 0 Å². The van der Waals surface area contributed by atoms with E-state index in [4.69, 9.17) is 9.47 Å². The molecule has 1 saturated heterocycles. The van der Waals surface area contributed by atoms with Crippen molar-refractivity contribution in [2.75, 3.05) is 6.54 Å². The lowest BCUT2D eigenvalue weighted by molar-refractivity contribution is -0.209. The van der Waals surface area contributed by atoms with Gasteiger partial charge in [-0.25, -0.2) is 4.79 Å². The van der Waals surface area contributed by atoms with Crippen molar-refractivity contribution in [2.45, 2.75) is 75.7 Å². The van der Waals surface area contributed by atoms with E-state index in [-0.39, 0.29) is 11.7 Å². The van der Waals surface area contributed by atoms with Gasteiger partial charge in [-0.2, -0.15) is 13.2 Å². The number of aliphatic hydroxyl groups excluding tert-OH is 2. The minimum atomic E-state index is -4.54. The molecule has 150 valence electrons. The Kier molecular flexibility index (Phi) is 6.16. The first-order valence-electron chi connectivity index (χ1n) is 8.15. The van der Waals surface area contributed by atoms with Crippen LogP contribution in [0.5, 0.6) is 0 Å². The number of rotatable bonds is 2. The van der Waals surface area contributed by atoms with Gasteiger partial charge in [-0.3, -0.25) is 9.89 Å². The van der Waals surface area contributed by atoms with E-state index in [2.05, 4.69) is 4.99 Å². The topological polar surface area (TPSA) is 91.6 Å². The summed E-state index contributed by atoms with van der Waals surface area (Å²) in [4.78, 5) is 17.7. The number of carbonyl (C=O) groups is 1. The molecule has 2 heterocycles. The van der Waals surface area contributed by atoms with Gasteiger partial charge in [0.25, 0.3) is 0 Å². The second-order valence-corrected chi connectivity index (χ2v) is 8.15. The normalized spacial score (nSPS) is 32.0. The molecule has 2 rings (SSSR count). The molecular weight excluding hydrogens is 377 g/mol. The minimum Gasteiger partial charge on any atom is -0.443 e. The molecule has 1 amide bonds. The van der Waals surface area contributed by atoms with E-state index in [9.17, 15) is 28.2 Å². The minimum absolute atomic E-state index is 0.177. The smallest absolute Gasteiger partial charge is 0.416 e. The number of thioether (sulfide) groups is 1. The maximum atomic E-state index is 12.6. The summed E-state index contributed by atoms with van der Waals surface area (Å²) < 4.78 is 48.5. The van der Waals surface area contributed by atoms with Crippen LogP contribution in [0.2, 0.25) is 0 Å². The zero-order valence-corrected chi connectivity index (χ0v) is 15.7. The van der Waals surface area contributed by atoms with Crippen LogP contribution in [-0.2, 0) is 9.47 Å². The van der Waals surface area contributed by atoms with E-state index in [1.54, 1.807) is 27.7 Å². The highest BCUT2D eigenvalue weighted by atomic mass is 32.2. The fourth-order valence-electron chi connectivity index (χ4n) is 2.60. The lowest BCUT2D eigenvalue weighted by Gasteiger charge is -2.38. The Morgan fingerprint density at radius 1 is 1.31 bits per heavy atom. The Hall–Kier alpha value is -1.04. The van der Waals surface area contributed by atoms with Gasteiger partial charge in [0, 0.05) is 6.54 Å². The molecule has 0 bridgehead atoms. The second kappa shape index (κ2) is 7.53. The Bertz CT molecular complexity index is 566. The molecule has 2 aliphatic heterocycles. The van der Waals surface area contributed by atoms with Crippen molar-refractivity contribution in [3.63, 3.8) is 0 Å². The Morgan fingerprint density at radius 3 is 2.42 bits per heavy atom. The summed E-state index contributed by atoms with van der Waals surface area (Å²) in [5, 5.41) is 20.3. The molecule has 2 aliphatic rings. The maximum Gasteiger partial charge on any atom is 0.416 e. The van der Waals surface area contributed by atoms with Crippen molar-refractivity contribution in [1.82, 2.24) is 4.90 Å². The first-order chi connectivity index (χ1) is 11.8. The van der Waals surface area contributed by atoms with Crippen molar-refractivity contribution < 1.29 is 37.7 Å². The summed E-state index contributed by atoms with van der Waals surface area (Å²) in [6.07, 6.45) is -11.4. The van der Waals surface area contributed by atoms with Crippen LogP contribution in [0.1, 0.15) is 34.1 Å². The number of ether oxygens (including phenoxy) is 2. The van der Waals surface area contributed by atoms with E-state index < -0.39 is 54.1 Å². The second-order valence-electron chi connectivity index (χ2n) is 7.09. The van der Waals surface area contributed by atoms with Crippen LogP contribution in [0.3, 0.4) is 0 Å². The number of amides is 1. The van der Waals surface area contributed by atoms with Gasteiger partial charge in [0.15, 0.2) is 5.17 Å². The number of amidine groups is 1. The number of fused-ring (bicyclic) bond motifs is 1. The molecule has 26 heavy (non-hydrogen) atoms. The number of aliphatic hydroxyl groups is 2. The molecule has 11 heteroatoms. The van der Waals surface area contributed by atoms with Gasteiger partial charge in [-0.1, -0.05) is 11.8 Å². The summed E-state index contributed by atoms with van der Waals surface area (Å²) in [6.45, 7) is 7.01. The van der Waals surface area contributed by atoms with E-state index in [1.165, 1.54) is 4.90 Å². The lowest BCUT2D eigenvalue weighted by Crippen LogP contribution is -2.55. The molecule has 7 nitrogen and oxygen atoms in total. The van der Waals surface area contributed by atoms with Crippen LogP contribution < -0.4 is 0 Å². The zero-order chi connectivity index (χ0) is 19.9. The first-order valence-corrected chi connectivity index (χ1v) is 9.03. The number of hydrogen-bond acceptors (Lipinski definition) is 7. The molecular formula is C15H23F3N2O5S. The largest absolute Gasteiger partial charge is 0.443 e. The van der Waals surface area contributed by atoms with Crippen molar-refractivity contribution in [2.24, 2.45) is 4.99 Å². The molecule has 0 radical (unpaired) electrons. The lowest BCUT2D eigenvalue weighted by atomic mass is 9.96. The summed E-state index contributed by atoms with van der Waals surface area (Å²) in [7, 11) is 0. The average Bonchev–Trinajstić information content (AvgIpc) is 2.85. The van der Waals surface area contributed by atoms with Crippen LogP contribution in [0.25, 0.3) is 0 Å². The van der Waals surface area contributed by atoms with Crippen LogP contribution >= 0.6 is 11.8 Å². The van der Waals surface area contributed by atoms with Crippen LogP contribution in [-0.4, -0.2) is 74.5 Å². The summed E-state index contributed by atoms with van der Waals surface area (Å²) >= 11 is 0.932. The Labute approximate surface area is 153 Å². The molecule has 0 unspecified atom stereocenters. The van der Waals surface area contributed by atoms with Crippen molar-refractivity contribution in [1.29, 1.82) is 0 Å². The maximum absolute atomic E-state index is 12.6. The van der Waals surface area contributed by atoms with E-state index in [0.717, 1.165) is 11.8 Å². The number of halogens is 3. The predicted octanol–water partition coefficient (Wildman–Crippen LogP) is 2.11. The Morgan fingerprint density at radius 2 is 1.92 bits per heavy atom. The number of aliphatic imine (C=N–C) groups is 1. The molecule has 0 aliphatic carbocycles. The van der Waals surface area contributed by atoms with Gasteiger partial charge in [-0.05, 0) is 27.7 Å². The van der Waals surface area contributed by atoms with Crippen molar-refractivity contribution in [3.05, 3.63) is 0 Å². The van der Waals surface area contributed by atoms with Crippen molar-refractivity contribution in [3.8, 4) is 0 Å².